The molecule has 26 heavy (non-hydrogen) atoms. The van der Waals surface area contributed by atoms with Crippen molar-refractivity contribution in [3.8, 4) is 17.4 Å². The lowest BCUT2D eigenvalue weighted by atomic mass is 10.3. The van der Waals surface area contributed by atoms with E-state index in [1.165, 1.54) is 31.6 Å². The van der Waals surface area contributed by atoms with Crippen LogP contribution in [0.4, 0.5) is 14.5 Å². The lowest BCUT2D eigenvalue weighted by Crippen LogP contribution is -2.05. The molecule has 1 aromatic heterocycles. The highest BCUT2D eigenvalue weighted by molar-refractivity contribution is 6.32. The van der Waals surface area contributed by atoms with E-state index in [0.717, 1.165) is 0 Å². The smallest absolute Gasteiger partial charge is 0.387 e. The van der Waals surface area contributed by atoms with Crippen molar-refractivity contribution < 1.29 is 23.0 Å². The summed E-state index contributed by atoms with van der Waals surface area (Å²) in [5.41, 5.74) is 7.84. The maximum absolute atomic E-state index is 12.3. The Labute approximate surface area is 153 Å². The largest absolute Gasteiger partial charge is 0.491 e. The van der Waals surface area contributed by atoms with Crippen molar-refractivity contribution in [3.05, 3.63) is 53.4 Å². The summed E-state index contributed by atoms with van der Waals surface area (Å²) in [6, 6.07) is 7.64. The first-order chi connectivity index (χ1) is 12.5. The number of methoxy groups -OCH3 is 1. The average Bonchev–Trinajstić information content (AvgIpc) is 2.64. The Morgan fingerprint density at radius 1 is 1.38 bits per heavy atom. The quantitative estimate of drug-likeness (QED) is 0.611. The van der Waals surface area contributed by atoms with Gasteiger partial charge in [0.15, 0.2) is 5.75 Å². The minimum Gasteiger partial charge on any atom is -0.491 e. The molecule has 2 N–H and O–H groups in total. The van der Waals surface area contributed by atoms with Crippen molar-refractivity contribution in [2.75, 3.05) is 19.0 Å². The third kappa shape index (κ3) is 5.55. The lowest BCUT2D eigenvalue weighted by Gasteiger charge is -2.10. The van der Waals surface area contributed by atoms with E-state index >= 15 is 0 Å². The summed E-state index contributed by atoms with van der Waals surface area (Å²) in [5, 5.41) is 6.20. The van der Waals surface area contributed by atoms with Crippen molar-refractivity contribution in [2.45, 2.75) is 6.61 Å². The van der Waals surface area contributed by atoms with Gasteiger partial charge in [0.1, 0.15) is 18.1 Å². The normalized spacial score (nSPS) is 11.2. The number of rotatable bonds is 9. The van der Waals surface area contributed by atoms with E-state index in [1.807, 2.05) is 0 Å². The highest BCUT2D eigenvalue weighted by Gasteiger charge is 2.10. The minimum atomic E-state index is -2.99. The lowest BCUT2D eigenvalue weighted by molar-refractivity contribution is -0.0497. The van der Waals surface area contributed by atoms with Crippen LogP contribution in [0.25, 0.3) is 0 Å². The molecule has 0 atom stereocenters. The van der Waals surface area contributed by atoms with E-state index < -0.39 is 6.61 Å². The molecule has 138 valence electrons. The Morgan fingerprint density at radius 3 is 2.88 bits per heavy atom. The number of ether oxygens (including phenoxy) is 3. The molecular weight excluding hydrogens is 370 g/mol. The Kier molecular flexibility index (Phi) is 7.10. The van der Waals surface area contributed by atoms with Crippen molar-refractivity contribution in [1.29, 1.82) is 5.53 Å². The number of aromatic nitrogens is 1. The summed E-state index contributed by atoms with van der Waals surface area (Å²) < 4.78 is 39.6. The van der Waals surface area contributed by atoms with Gasteiger partial charge in [-0.05, 0) is 24.3 Å². The molecule has 0 saturated heterocycles. The summed E-state index contributed by atoms with van der Waals surface area (Å²) >= 11 is 5.79. The predicted molar refractivity (Wildman–Crippen MR) is 91.2 cm³/mol. The SMILES string of the molecule is COc1cccnc1OC/C(=C/Nc1ccc(Cl)c(OC(F)F)c1)N=N. The number of hydrogen-bond acceptors (Lipinski definition) is 7. The molecule has 7 nitrogen and oxygen atoms in total. The van der Waals surface area contributed by atoms with Crippen LogP contribution in [-0.4, -0.2) is 25.3 Å². The standard InChI is InChI=1S/C16H15ClF2N4O3/c1-24-13-3-2-6-21-15(13)25-9-11(23-20)8-22-10-4-5-12(17)14(7-10)26-16(18)19/h2-8,16,20,22H,9H2,1H3/b11-8-,23-20?. The molecule has 2 aromatic rings. The molecule has 1 aromatic carbocycles. The Bertz CT molecular complexity index is 790. The molecule has 0 aliphatic rings. The highest BCUT2D eigenvalue weighted by atomic mass is 35.5. The number of nitrogens with one attached hydrogen (secondary N) is 2. The van der Waals surface area contributed by atoms with Gasteiger partial charge in [-0.2, -0.15) is 13.9 Å². The van der Waals surface area contributed by atoms with Crippen LogP contribution in [0, 0.1) is 5.53 Å². The topological polar surface area (TPSA) is 88.8 Å². The maximum atomic E-state index is 12.3. The first-order valence-corrected chi connectivity index (χ1v) is 7.60. The summed E-state index contributed by atoms with van der Waals surface area (Å²) in [4.78, 5) is 4.02. The fourth-order valence-electron chi connectivity index (χ4n) is 1.83. The molecule has 10 heteroatoms. The molecule has 0 spiro atoms. The van der Waals surface area contributed by atoms with Crippen molar-refractivity contribution >= 4 is 17.3 Å². The average molecular weight is 385 g/mol. The highest BCUT2D eigenvalue weighted by Crippen LogP contribution is 2.29. The number of halogens is 3. The van der Waals surface area contributed by atoms with Gasteiger partial charge in [0.25, 0.3) is 5.88 Å². The third-order valence-corrected chi connectivity index (χ3v) is 3.32. The molecule has 0 radical (unpaired) electrons. The second-order valence-electron chi connectivity index (χ2n) is 4.72. The van der Waals surface area contributed by atoms with Crippen molar-refractivity contribution in [1.82, 2.24) is 4.98 Å². The van der Waals surface area contributed by atoms with Gasteiger partial charge in [-0.15, -0.1) is 0 Å². The number of nitrogens with zero attached hydrogens (tertiary/aromatic N) is 2. The number of alkyl halides is 2. The summed E-state index contributed by atoms with van der Waals surface area (Å²) in [5.74, 6) is 0.527. The summed E-state index contributed by atoms with van der Waals surface area (Å²) in [7, 11) is 1.48. The first kappa shape index (κ1) is 19.4. The van der Waals surface area contributed by atoms with Gasteiger partial charge in [-0.25, -0.2) is 10.5 Å². The van der Waals surface area contributed by atoms with Gasteiger partial charge < -0.3 is 19.5 Å². The van der Waals surface area contributed by atoms with Crippen LogP contribution in [0.3, 0.4) is 0 Å². The molecule has 2 rings (SSSR count). The first-order valence-electron chi connectivity index (χ1n) is 7.22. The van der Waals surface area contributed by atoms with Gasteiger partial charge in [0.05, 0.1) is 12.1 Å². The van der Waals surface area contributed by atoms with Crippen LogP contribution >= 0.6 is 11.6 Å². The molecular formula is C16H15ClF2N4O3. The summed E-state index contributed by atoms with van der Waals surface area (Å²) in [6.07, 6.45) is 2.92. The molecule has 0 unspecified atom stereocenters. The van der Waals surface area contributed by atoms with Crippen LogP contribution in [0.1, 0.15) is 0 Å². The van der Waals surface area contributed by atoms with E-state index in [2.05, 4.69) is 20.2 Å². The number of pyridine rings is 1. The fourth-order valence-corrected chi connectivity index (χ4v) is 2.00. The minimum absolute atomic E-state index is 0.0517. The molecule has 0 saturated carbocycles. The number of hydrogen-bond donors (Lipinski definition) is 2. The predicted octanol–water partition coefficient (Wildman–Crippen LogP) is 4.71. The molecule has 0 aliphatic carbocycles. The zero-order valence-electron chi connectivity index (χ0n) is 13.6. The van der Waals surface area contributed by atoms with Crippen LogP contribution in [-0.2, 0) is 0 Å². The van der Waals surface area contributed by atoms with Crippen LogP contribution in [0.2, 0.25) is 5.02 Å². The third-order valence-electron chi connectivity index (χ3n) is 3.01. The van der Waals surface area contributed by atoms with Gasteiger partial charge >= 0.3 is 6.61 Å². The maximum Gasteiger partial charge on any atom is 0.387 e. The zero-order valence-corrected chi connectivity index (χ0v) is 14.3. The number of anilines is 1. The molecule has 0 bridgehead atoms. The Morgan fingerprint density at radius 2 is 2.19 bits per heavy atom. The van der Waals surface area contributed by atoms with E-state index in [0.29, 0.717) is 11.4 Å². The van der Waals surface area contributed by atoms with Crippen molar-refractivity contribution in [2.24, 2.45) is 5.11 Å². The zero-order chi connectivity index (χ0) is 18.9. The van der Waals surface area contributed by atoms with Crippen molar-refractivity contribution in [3.63, 3.8) is 0 Å². The van der Waals surface area contributed by atoms with Crippen LogP contribution in [0.5, 0.6) is 17.4 Å². The van der Waals surface area contributed by atoms with Crippen LogP contribution < -0.4 is 19.5 Å². The monoisotopic (exact) mass is 384 g/mol. The van der Waals surface area contributed by atoms with Gasteiger partial charge in [0.2, 0.25) is 0 Å². The van der Waals surface area contributed by atoms with Gasteiger partial charge in [-0.3, -0.25) is 0 Å². The molecule has 0 aliphatic heterocycles. The van der Waals surface area contributed by atoms with E-state index in [-0.39, 0.29) is 29.0 Å². The van der Waals surface area contributed by atoms with E-state index in [1.54, 1.807) is 18.2 Å². The number of benzene rings is 1. The fraction of sp³-hybridized carbons (Fsp3) is 0.188. The Balaban J connectivity index is 2.04. The van der Waals surface area contributed by atoms with E-state index in [9.17, 15) is 8.78 Å². The molecule has 0 fully saturated rings. The molecule has 1 heterocycles. The Hall–Kier alpha value is -2.94. The molecule has 0 amide bonds. The summed E-state index contributed by atoms with van der Waals surface area (Å²) in [6.45, 7) is -3.04. The van der Waals surface area contributed by atoms with E-state index in [4.69, 9.17) is 26.6 Å². The second-order valence-corrected chi connectivity index (χ2v) is 5.12. The van der Waals surface area contributed by atoms with Gasteiger partial charge in [-0.1, -0.05) is 11.6 Å². The van der Waals surface area contributed by atoms with Gasteiger partial charge in [0, 0.05) is 24.2 Å². The van der Waals surface area contributed by atoms with Crippen LogP contribution in [0.15, 0.2) is 53.5 Å². The second kappa shape index (κ2) is 9.52.